The Morgan fingerprint density at radius 2 is 2.31 bits per heavy atom. The molecule has 0 radical (unpaired) electrons. The van der Waals surface area contributed by atoms with Gasteiger partial charge in [-0.05, 0) is 26.2 Å². The van der Waals surface area contributed by atoms with Crippen molar-refractivity contribution in [1.29, 1.82) is 0 Å². The van der Waals surface area contributed by atoms with Crippen molar-refractivity contribution in [3.05, 3.63) is 12.2 Å². The molecule has 1 heterocycles. The van der Waals surface area contributed by atoms with Gasteiger partial charge in [-0.3, -0.25) is 4.90 Å². The second kappa shape index (κ2) is 4.25. The second-order valence-corrected chi connectivity index (χ2v) is 4.29. The molecule has 0 bridgehead atoms. The van der Waals surface area contributed by atoms with Gasteiger partial charge in [-0.1, -0.05) is 12.2 Å². The molecular formula is C11H20N2. The lowest BCUT2D eigenvalue weighted by atomic mass is 9.99. The topological polar surface area (TPSA) is 15.3 Å². The van der Waals surface area contributed by atoms with Crippen LogP contribution in [0.1, 0.15) is 26.2 Å². The molecular weight excluding hydrogens is 160 g/mol. The van der Waals surface area contributed by atoms with Crippen LogP contribution in [-0.2, 0) is 0 Å². The van der Waals surface area contributed by atoms with Crippen molar-refractivity contribution in [2.75, 3.05) is 19.6 Å². The van der Waals surface area contributed by atoms with Gasteiger partial charge in [0.2, 0.25) is 0 Å². The Hall–Kier alpha value is -0.340. The van der Waals surface area contributed by atoms with E-state index in [9.17, 15) is 0 Å². The first-order valence-electron chi connectivity index (χ1n) is 5.48. The smallest absolute Gasteiger partial charge is 0.0167 e. The van der Waals surface area contributed by atoms with Gasteiger partial charge < -0.3 is 5.32 Å². The van der Waals surface area contributed by atoms with Crippen LogP contribution in [0.5, 0.6) is 0 Å². The van der Waals surface area contributed by atoms with E-state index in [4.69, 9.17) is 0 Å². The number of rotatable bonds is 1. The average Bonchev–Trinajstić information content (AvgIpc) is 2.19. The SMILES string of the molecule is CC1CN(C2CC=CCC2)CCN1. The van der Waals surface area contributed by atoms with Gasteiger partial charge >= 0.3 is 0 Å². The fourth-order valence-corrected chi connectivity index (χ4v) is 2.40. The first-order chi connectivity index (χ1) is 6.36. The van der Waals surface area contributed by atoms with Gasteiger partial charge in [0.1, 0.15) is 0 Å². The minimum atomic E-state index is 0.680. The molecule has 0 aromatic rings. The van der Waals surface area contributed by atoms with Crippen LogP contribution in [0, 0.1) is 0 Å². The van der Waals surface area contributed by atoms with E-state index in [2.05, 4.69) is 29.3 Å². The van der Waals surface area contributed by atoms with E-state index in [1.807, 2.05) is 0 Å². The lowest BCUT2D eigenvalue weighted by molar-refractivity contribution is 0.140. The van der Waals surface area contributed by atoms with E-state index in [0.29, 0.717) is 6.04 Å². The van der Waals surface area contributed by atoms with Crippen molar-refractivity contribution in [2.24, 2.45) is 0 Å². The predicted octanol–water partition coefficient (Wildman–Crippen LogP) is 1.39. The first kappa shape index (κ1) is 9.22. The summed E-state index contributed by atoms with van der Waals surface area (Å²) in [6.45, 7) is 5.92. The summed E-state index contributed by atoms with van der Waals surface area (Å²) in [6.07, 6.45) is 8.59. The van der Waals surface area contributed by atoms with Crippen LogP contribution in [0.25, 0.3) is 0 Å². The van der Waals surface area contributed by atoms with E-state index < -0.39 is 0 Å². The molecule has 0 aromatic heterocycles. The van der Waals surface area contributed by atoms with Crippen LogP contribution in [0.15, 0.2) is 12.2 Å². The van der Waals surface area contributed by atoms with E-state index in [1.54, 1.807) is 0 Å². The van der Waals surface area contributed by atoms with E-state index >= 15 is 0 Å². The predicted molar refractivity (Wildman–Crippen MR) is 55.8 cm³/mol. The molecule has 13 heavy (non-hydrogen) atoms. The maximum atomic E-state index is 3.49. The molecule has 2 heteroatoms. The van der Waals surface area contributed by atoms with Crippen LogP contribution in [-0.4, -0.2) is 36.6 Å². The molecule has 2 aliphatic rings. The molecule has 1 saturated heterocycles. The number of nitrogens with one attached hydrogen (secondary N) is 1. The molecule has 1 N–H and O–H groups in total. The van der Waals surface area contributed by atoms with Gasteiger partial charge in [-0.15, -0.1) is 0 Å². The zero-order chi connectivity index (χ0) is 9.10. The van der Waals surface area contributed by atoms with Crippen LogP contribution >= 0.6 is 0 Å². The number of hydrogen-bond acceptors (Lipinski definition) is 2. The number of piperazine rings is 1. The molecule has 0 saturated carbocycles. The Balaban J connectivity index is 1.88. The fraction of sp³-hybridized carbons (Fsp3) is 0.818. The molecule has 2 atom stereocenters. The molecule has 2 rings (SSSR count). The van der Waals surface area contributed by atoms with Gasteiger partial charge in [0.25, 0.3) is 0 Å². The summed E-state index contributed by atoms with van der Waals surface area (Å²) in [6, 6.07) is 1.51. The highest BCUT2D eigenvalue weighted by atomic mass is 15.2. The van der Waals surface area contributed by atoms with E-state index in [-0.39, 0.29) is 0 Å². The van der Waals surface area contributed by atoms with E-state index in [0.717, 1.165) is 6.04 Å². The molecule has 0 spiro atoms. The molecule has 0 aromatic carbocycles. The highest BCUT2D eigenvalue weighted by molar-refractivity contribution is 4.95. The zero-order valence-electron chi connectivity index (χ0n) is 8.50. The average molecular weight is 180 g/mol. The van der Waals surface area contributed by atoms with Crippen LogP contribution in [0.3, 0.4) is 0 Å². The van der Waals surface area contributed by atoms with Gasteiger partial charge in [0.05, 0.1) is 0 Å². The number of allylic oxidation sites excluding steroid dienone is 1. The van der Waals surface area contributed by atoms with Gasteiger partial charge in [0, 0.05) is 31.7 Å². The standard InChI is InChI=1S/C11H20N2/c1-10-9-13(8-7-12-10)11-5-3-2-4-6-11/h2-3,10-12H,4-9H2,1H3. The van der Waals surface area contributed by atoms with Crippen LogP contribution in [0.4, 0.5) is 0 Å². The molecule has 1 aliphatic heterocycles. The first-order valence-corrected chi connectivity index (χ1v) is 5.48. The Kier molecular flexibility index (Phi) is 3.01. The van der Waals surface area contributed by atoms with Gasteiger partial charge in [-0.2, -0.15) is 0 Å². The number of nitrogens with zero attached hydrogens (tertiary/aromatic N) is 1. The molecule has 2 unspecified atom stereocenters. The quantitative estimate of drug-likeness (QED) is 0.613. The lowest BCUT2D eigenvalue weighted by Gasteiger charge is -2.38. The van der Waals surface area contributed by atoms with Crippen molar-refractivity contribution in [1.82, 2.24) is 10.2 Å². The minimum Gasteiger partial charge on any atom is -0.312 e. The summed E-state index contributed by atoms with van der Waals surface area (Å²) in [5, 5.41) is 3.49. The third-order valence-electron chi connectivity index (χ3n) is 3.16. The number of hydrogen-bond donors (Lipinski definition) is 1. The van der Waals surface area contributed by atoms with Crippen molar-refractivity contribution >= 4 is 0 Å². The maximum absolute atomic E-state index is 3.49. The summed E-state index contributed by atoms with van der Waals surface area (Å²) < 4.78 is 0. The monoisotopic (exact) mass is 180 g/mol. The fourth-order valence-electron chi connectivity index (χ4n) is 2.40. The van der Waals surface area contributed by atoms with Gasteiger partial charge in [0.15, 0.2) is 0 Å². The van der Waals surface area contributed by atoms with Crippen molar-refractivity contribution in [3.8, 4) is 0 Å². The Morgan fingerprint density at radius 1 is 1.38 bits per heavy atom. The normalized spacial score (nSPS) is 36.4. The lowest BCUT2D eigenvalue weighted by Crippen LogP contribution is -2.52. The summed E-state index contributed by atoms with van der Waals surface area (Å²) in [4.78, 5) is 2.66. The van der Waals surface area contributed by atoms with Crippen molar-refractivity contribution in [3.63, 3.8) is 0 Å². The van der Waals surface area contributed by atoms with Crippen molar-refractivity contribution < 1.29 is 0 Å². The maximum Gasteiger partial charge on any atom is 0.0167 e. The van der Waals surface area contributed by atoms with Gasteiger partial charge in [-0.25, -0.2) is 0 Å². The summed E-state index contributed by atoms with van der Waals surface area (Å²) >= 11 is 0. The largest absolute Gasteiger partial charge is 0.312 e. The Labute approximate surface area is 81.0 Å². The van der Waals surface area contributed by atoms with E-state index in [1.165, 1.54) is 38.9 Å². The Morgan fingerprint density at radius 3 is 3.00 bits per heavy atom. The van der Waals surface area contributed by atoms with Crippen LogP contribution < -0.4 is 5.32 Å². The zero-order valence-corrected chi connectivity index (χ0v) is 8.50. The third-order valence-corrected chi connectivity index (χ3v) is 3.16. The third kappa shape index (κ3) is 2.32. The molecule has 1 fully saturated rings. The van der Waals surface area contributed by atoms with Crippen molar-refractivity contribution in [2.45, 2.75) is 38.3 Å². The Bertz CT molecular complexity index is 189. The second-order valence-electron chi connectivity index (χ2n) is 4.29. The summed E-state index contributed by atoms with van der Waals surface area (Å²) in [5.74, 6) is 0. The minimum absolute atomic E-state index is 0.680. The molecule has 74 valence electrons. The van der Waals surface area contributed by atoms with Crippen LogP contribution in [0.2, 0.25) is 0 Å². The molecule has 1 aliphatic carbocycles. The highest BCUT2D eigenvalue weighted by Gasteiger charge is 2.22. The summed E-state index contributed by atoms with van der Waals surface area (Å²) in [7, 11) is 0. The summed E-state index contributed by atoms with van der Waals surface area (Å²) in [5.41, 5.74) is 0. The highest BCUT2D eigenvalue weighted by Crippen LogP contribution is 2.18. The molecule has 2 nitrogen and oxygen atoms in total. The molecule has 0 amide bonds.